The summed E-state index contributed by atoms with van der Waals surface area (Å²) in [4.78, 5) is 69.1. The quantitative estimate of drug-likeness (QED) is 0.0171. The molecule has 0 radical (unpaired) electrons. The fourth-order valence-corrected chi connectivity index (χ4v) is 15.4. The lowest BCUT2D eigenvalue weighted by Gasteiger charge is -2.40. The average molecular weight is 1860 g/mol. The minimum Gasteiger partial charge on any atom is -0.398 e. The number of para-hydroxylation sites is 5. The van der Waals surface area contributed by atoms with Crippen molar-refractivity contribution in [3.05, 3.63) is 313 Å². The van der Waals surface area contributed by atoms with Crippen LogP contribution >= 0.6 is 0 Å². The molecule has 0 unspecified atom stereocenters. The van der Waals surface area contributed by atoms with Crippen molar-refractivity contribution in [1.29, 1.82) is 5.26 Å². The van der Waals surface area contributed by atoms with E-state index in [0.717, 1.165) is 185 Å². The molecule has 23 nitrogen and oxygen atoms in total. The summed E-state index contributed by atoms with van der Waals surface area (Å²) in [6, 6.07) is 83.6. The number of hydrogen-bond donors (Lipinski definition) is 7. The van der Waals surface area contributed by atoms with Gasteiger partial charge in [-0.2, -0.15) is 5.26 Å². The molecular formula is C112H174N16O7. The van der Waals surface area contributed by atoms with Gasteiger partial charge in [-0.25, -0.2) is 9.59 Å². The van der Waals surface area contributed by atoms with Crippen molar-refractivity contribution in [2.75, 3.05) is 81.8 Å². The summed E-state index contributed by atoms with van der Waals surface area (Å²) >= 11 is 0. The summed E-state index contributed by atoms with van der Waals surface area (Å²) in [5.74, 6) is 0. The van der Waals surface area contributed by atoms with Gasteiger partial charge in [-0.05, 0) is 180 Å². The predicted molar refractivity (Wildman–Crippen MR) is 572 cm³/mol. The van der Waals surface area contributed by atoms with Crippen molar-refractivity contribution >= 4 is 46.8 Å². The summed E-state index contributed by atoms with van der Waals surface area (Å²) in [5.41, 5.74) is 24.7. The number of fused-ring (bicyclic) bond motifs is 2. The van der Waals surface area contributed by atoms with Gasteiger partial charge in [0.25, 0.3) is 11.4 Å². The molecule has 7 aliphatic rings. The zero-order chi connectivity index (χ0) is 101. The van der Waals surface area contributed by atoms with Crippen LogP contribution in [0.5, 0.6) is 0 Å². The Kier molecular flexibility index (Phi) is 73.7. The van der Waals surface area contributed by atoms with Crippen molar-refractivity contribution in [2.24, 2.45) is 5.73 Å². The number of nitrogens with one attached hydrogen (secondary N) is 5. The molecule has 0 aliphatic carbocycles. The number of urea groups is 2. The fourth-order valence-electron chi connectivity index (χ4n) is 15.4. The number of carbonyl (C=O) groups excluding carboxylic acids is 3. The third-order valence-electron chi connectivity index (χ3n) is 21.9. The molecule has 16 rings (SSSR count). The normalized spacial score (nSPS) is 14.9. The summed E-state index contributed by atoms with van der Waals surface area (Å²) in [5, 5.41) is 45.1. The summed E-state index contributed by atoms with van der Waals surface area (Å²) < 4.78 is 0. The van der Waals surface area contributed by atoms with E-state index in [1.807, 2.05) is 215 Å². The number of hydrogen-bond acceptors (Lipinski definition) is 17. The molecule has 9 N–H and O–H groups in total. The molecule has 5 saturated heterocycles. The van der Waals surface area contributed by atoms with Gasteiger partial charge in [0.05, 0.1) is 21.5 Å². The van der Waals surface area contributed by atoms with E-state index in [1.54, 1.807) is 24.3 Å². The van der Waals surface area contributed by atoms with Gasteiger partial charge in [0, 0.05) is 137 Å². The van der Waals surface area contributed by atoms with E-state index in [2.05, 4.69) is 186 Å². The van der Waals surface area contributed by atoms with Crippen molar-refractivity contribution in [1.82, 2.24) is 45.3 Å². The molecule has 0 spiro atoms. The highest BCUT2D eigenvalue weighted by Gasteiger charge is 2.33. The van der Waals surface area contributed by atoms with Crippen LogP contribution in [0.15, 0.2) is 243 Å². The molecule has 9 aromatic rings. The molecule has 0 saturated carbocycles. The molecule has 9 aromatic carbocycles. The Morgan fingerprint density at radius 1 is 0.385 bits per heavy atom. The topological polar surface area (TPSA) is 293 Å². The molecular weight excluding hydrogens is 1680 g/mol. The van der Waals surface area contributed by atoms with Crippen molar-refractivity contribution in [3.63, 3.8) is 0 Å². The van der Waals surface area contributed by atoms with E-state index in [9.17, 15) is 34.6 Å². The number of likely N-dealkylation sites (tertiary alicyclic amines) is 4. The highest BCUT2D eigenvalue weighted by atomic mass is 16.6. The predicted octanol–water partition coefficient (Wildman–Crippen LogP) is 25.7. The molecule has 0 aromatic heterocycles. The summed E-state index contributed by atoms with van der Waals surface area (Å²) in [6.45, 7) is 59.3. The van der Waals surface area contributed by atoms with Crippen LogP contribution in [0.3, 0.4) is 0 Å². The maximum absolute atomic E-state index is 12.4. The third kappa shape index (κ3) is 48.8. The lowest BCUT2D eigenvalue weighted by molar-refractivity contribution is -0.385. The second-order valence-electron chi connectivity index (χ2n) is 30.1. The maximum atomic E-state index is 12.4. The van der Waals surface area contributed by atoms with Crippen LogP contribution in [0.4, 0.5) is 38.0 Å². The van der Waals surface area contributed by atoms with Crippen LogP contribution in [0.25, 0.3) is 0 Å². The highest BCUT2D eigenvalue weighted by Crippen LogP contribution is 2.30. The SMILES string of the molecule is CC.CC.CC.CC.CC.CC.CC.CC.CC.CC.CC#N.NC1CCN(Cc2ccccc2)CC1.Nc1ccccc1CNC1CCN(Cc2ccccc2)CC1.O=C1Nc2ccccc2CN1C1CCN(Cc2ccccc2)CC1.O=C1Nc2ccccc2CN1C1CCNCC1.O=Cc1ccccc1[N+](=O)[O-].O=[N+]([O-])c1ccccc1CNC1CCN(Cc2ccccc2)CC1. The Balaban J connectivity index is 0.00000155. The number of piperidine rings is 5. The van der Waals surface area contributed by atoms with E-state index in [-0.39, 0.29) is 33.9 Å². The highest BCUT2D eigenvalue weighted by molar-refractivity contribution is 5.93. The minimum atomic E-state index is -0.580. The Morgan fingerprint density at radius 2 is 0.667 bits per heavy atom. The molecule has 7 heterocycles. The first-order valence-electron chi connectivity index (χ1n) is 50.5. The number of anilines is 3. The standard InChI is InChI=1S/C20H23N3O.C19H23N3O2.C19H25N3.C13H17N3O.C12H18N2.C7H5NO3.C2H3N.10C2H6/c24-20-21-19-9-5-4-8-17(19)15-23(20)18-10-12-22(13-11-18)14-16-6-2-1-3-7-16;23-22(24)19-9-5-4-8-17(19)14-20-18-10-12-21(13-11-18)15-16-6-2-1-3-7-16;20-19-9-5-4-8-17(19)14-21-18-10-12-22(13-11-18)15-16-6-2-1-3-7-16;17-13-15-12-4-2-1-3-10(12)9-16(13)11-5-7-14-8-6-11;13-12-6-8-14(9-7-12)10-11-4-2-1-3-5-11;9-5-6-3-1-2-4-7(6)8(10)11;1-2-3;10*1-2/h1-9,18H,10-15H2,(H,21,24);1-9,18,20H,10-15H2;1-9,18,21H,10-15,20H2;1-4,11,14H,5-9H2,(H,15,17);1-5,12H,6-10,13H2;1-5H;1H3;10*1-2H3. The van der Waals surface area contributed by atoms with E-state index in [1.165, 1.54) is 76.9 Å². The lowest BCUT2D eigenvalue weighted by Crippen LogP contribution is -2.49. The number of benzene rings is 9. The second-order valence-corrected chi connectivity index (χ2v) is 30.1. The molecule has 0 atom stereocenters. The van der Waals surface area contributed by atoms with Gasteiger partial charge < -0.3 is 47.9 Å². The van der Waals surface area contributed by atoms with Gasteiger partial charge in [-0.3, -0.25) is 44.6 Å². The molecule has 5 fully saturated rings. The Morgan fingerprint density at radius 3 is 1.01 bits per heavy atom. The zero-order valence-electron chi connectivity index (χ0n) is 86.4. The van der Waals surface area contributed by atoms with Crippen molar-refractivity contribution < 1.29 is 24.2 Å². The van der Waals surface area contributed by atoms with Gasteiger partial charge in [-0.15, -0.1) is 0 Å². The van der Waals surface area contributed by atoms with Gasteiger partial charge in [-0.1, -0.05) is 345 Å². The number of aldehydes is 1. The van der Waals surface area contributed by atoms with E-state index < -0.39 is 4.92 Å². The number of nitrogens with two attached hydrogens (primary N) is 2. The van der Waals surface area contributed by atoms with Gasteiger partial charge in [0.1, 0.15) is 0 Å². The monoisotopic (exact) mass is 1860 g/mol. The van der Waals surface area contributed by atoms with Crippen LogP contribution in [0, 0.1) is 31.6 Å². The van der Waals surface area contributed by atoms with Crippen LogP contribution in [-0.4, -0.2) is 153 Å². The number of amides is 4. The van der Waals surface area contributed by atoms with Gasteiger partial charge in [0.2, 0.25) is 0 Å². The van der Waals surface area contributed by atoms with E-state index in [0.29, 0.717) is 43.0 Å². The molecule has 23 heteroatoms. The number of rotatable bonds is 19. The van der Waals surface area contributed by atoms with E-state index in [4.69, 9.17) is 16.7 Å². The number of nitrogen functional groups attached to an aromatic ring is 1. The van der Waals surface area contributed by atoms with Gasteiger partial charge >= 0.3 is 12.1 Å². The first-order chi connectivity index (χ1) is 66.2. The Bertz CT molecular complexity index is 4450. The lowest BCUT2D eigenvalue weighted by atomic mass is 10.0. The first kappa shape index (κ1) is 124. The first-order valence-corrected chi connectivity index (χ1v) is 50.5. The van der Waals surface area contributed by atoms with Crippen LogP contribution in [0.1, 0.15) is 264 Å². The van der Waals surface area contributed by atoms with Crippen LogP contribution < -0.4 is 38.1 Å². The molecule has 7 aliphatic heterocycles. The number of nitro benzene ring substituents is 2. The average Bonchev–Trinajstić information content (AvgIpc) is 0.808. The smallest absolute Gasteiger partial charge is 0.322 e. The molecule has 135 heavy (non-hydrogen) atoms. The largest absolute Gasteiger partial charge is 0.398 e. The number of nitro groups is 2. The molecule has 744 valence electrons. The fraction of sp³-hybridized carbons (Fsp3) is 0.482. The minimum absolute atomic E-state index is 0.0511. The number of carbonyl (C=O) groups is 3. The second kappa shape index (κ2) is 80.3. The Hall–Kier alpha value is -11.0. The molecule has 4 amide bonds. The third-order valence-corrected chi connectivity index (χ3v) is 21.9. The van der Waals surface area contributed by atoms with Crippen LogP contribution in [-0.2, 0) is 52.4 Å². The summed E-state index contributed by atoms with van der Waals surface area (Å²) in [6.07, 6.45) is 11.5. The van der Waals surface area contributed by atoms with Gasteiger partial charge in [0.15, 0.2) is 6.29 Å². The number of nitriles is 1. The molecule has 0 bridgehead atoms. The summed E-state index contributed by atoms with van der Waals surface area (Å²) in [7, 11) is 0. The van der Waals surface area contributed by atoms with Crippen LogP contribution in [0.2, 0.25) is 0 Å². The zero-order valence-corrected chi connectivity index (χ0v) is 86.4. The van der Waals surface area contributed by atoms with Crippen molar-refractivity contribution in [2.45, 2.75) is 292 Å². The number of nitrogens with zero attached hydrogens (tertiary/aromatic N) is 9. The van der Waals surface area contributed by atoms with Crippen molar-refractivity contribution in [3.8, 4) is 6.07 Å². The Labute approximate surface area is 815 Å². The van der Waals surface area contributed by atoms with E-state index >= 15 is 0 Å². The maximum Gasteiger partial charge on any atom is 0.322 e.